The number of amides is 2. The fraction of sp³-hybridized carbons (Fsp3) is 0.143. The summed E-state index contributed by atoms with van der Waals surface area (Å²) < 4.78 is 4.94. The molecule has 0 unspecified atom stereocenters. The smallest absolute Gasteiger partial charge is 0.275 e. The maximum Gasteiger partial charge on any atom is 0.275 e. The molecule has 96 valence electrons. The normalized spacial score (nSPS) is 21.6. The molecule has 0 radical (unpaired) electrons. The van der Waals surface area contributed by atoms with Gasteiger partial charge in [-0.3, -0.25) is 9.59 Å². The molecule has 1 aliphatic rings. The minimum absolute atomic E-state index is 0.314. The first-order valence-electron chi connectivity index (χ1n) is 5.76. The molecule has 1 atom stereocenters. The number of nitrogens with zero attached hydrogens (tertiary/aromatic N) is 1. The van der Waals surface area contributed by atoms with Gasteiger partial charge in [0, 0.05) is 18.1 Å². The first-order valence-corrected chi connectivity index (χ1v) is 5.76. The summed E-state index contributed by atoms with van der Waals surface area (Å²) in [5.74, 6) is -1.11. The highest BCUT2D eigenvalue weighted by atomic mass is 16.3. The largest absolute Gasteiger partial charge is 0.472 e. The number of aliphatic hydroxyl groups is 1. The van der Waals surface area contributed by atoms with Crippen LogP contribution in [0.4, 0.5) is 5.69 Å². The third-order valence-corrected chi connectivity index (χ3v) is 3.30. The lowest BCUT2D eigenvalue weighted by Crippen LogP contribution is -2.42. The van der Waals surface area contributed by atoms with Gasteiger partial charge in [0.15, 0.2) is 5.60 Å². The quantitative estimate of drug-likeness (QED) is 0.838. The Morgan fingerprint density at radius 1 is 1.32 bits per heavy atom. The third-order valence-electron chi connectivity index (χ3n) is 3.30. The minimum Gasteiger partial charge on any atom is -0.472 e. The van der Waals surface area contributed by atoms with E-state index in [4.69, 9.17) is 4.42 Å². The van der Waals surface area contributed by atoms with Crippen molar-refractivity contribution in [3.8, 4) is 0 Å². The van der Waals surface area contributed by atoms with Crippen molar-refractivity contribution in [1.29, 1.82) is 0 Å². The molecule has 3 rings (SSSR count). The monoisotopic (exact) mass is 257 g/mol. The number of anilines is 1. The summed E-state index contributed by atoms with van der Waals surface area (Å²) >= 11 is 0. The van der Waals surface area contributed by atoms with Crippen LogP contribution in [0.2, 0.25) is 0 Å². The summed E-state index contributed by atoms with van der Waals surface area (Å²) in [6.07, 6.45) is 2.68. The van der Waals surface area contributed by atoms with Gasteiger partial charge in [-0.25, -0.2) is 4.90 Å². The molecule has 5 heteroatoms. The fourth-order valence-electron chi connectivity index (χ4n) is 2.42. The molecule has 1 N–H and O–H groups in total. The van der Waals surface area contributed by atoms with E-state index in [0.717, 1.165) is 4.90 Å². The van der Waals surface area contributed by atoms with Gasteiger partial charge < -0.3 is 9.52 Å². The van der Waals surface area contributed by atoms with E-state index in [9.17, 15) is 14.7 Å². The average Bonchev–Trinajstić information content (AvgIpc) is 2.98. The van der Waals surface area contributed by atoms with Crippen LogP contribution in [0.1, 0.15) is 18.1 Å². The van der Waals surface area contributed by atoms with Gasteiger partial charge in [0.2, 0.25) is 5.91 Å². The lowest BCUT2D eigenvalue weighted by Gasteiger charge is -2.20. The molecule has 1 aromatic carbocycles. The number of furan rings is 1. The van der Waals surface area contributed by atoms with Gasteiger partial charge in [-0.1, -0.05) is 18.2 Å². The summed E-state index contributed by atoms with van der Waals surface area (Å²) in [4.78, 5) is 25.1. The van der Waals surface area contributed by atoms with E-state index >= 15 is 0 Å². The van der Waals surface area contributed by atoms with Crippen LogP contribution in [-0.4, -0.2) is 16.9 Å². The Hall–Kier alpha value is -2.40. The Morgan fingerprint density at radius 2 is 2.05 bits per heavy atom. The third kappa shape index (κ3) is 1.39. The van der Waals surface area contributed by atoms with E-state index in [2.05, 4.69) is 0 Å². The standard InChI is InChI=1S/C14H11NO4/c1-9(16)15-12-5-3-2-4-11(12)14(18,13(15)17)10-6-7-19-8-10/h2-8,18H,1H3/t14-/m1/s1. The predicted molar refractivity (Wildman–Crippen MR) is 66.3 cm³/mol. The molecule has 2 heterocycles. The maximum absolute atomic E-state index is 12.4. The average molecular weight is 257 g/mol. The van der Waals surface area contributed by atoms with Gasteiger partial charge in [-0.15, -0.1) is 0 Å². The molecule has 0 saturated heterocycles. The molecule has 0 spiro atoms. The van der Waals surface area contributed by atoms with Crippen molar-refractivity contribution in [3.05, 3.63) is 54.0 Å². The molecule has 5 nitrogen and oxygen atoms in total. The van der Waals surface area contributed by atoms with E-state index in [1.54, 1.807) is 24.3 Å². The van der Waals surface area contributed by atoms with Gasteiger partial charge in [0.25, 0.3) is 5.91 Å². The van der Waals surface area contributed by atoms with Crippen molar-refractivity contribution in [2.75, 3.05) is 4.90 Å². The van der Waals surface area contributed by atoms with Gasteiger partial charge in [0.1, 0.15) is 0 Å². The van der Waals surface area contributed by atoms with Gasteiger partial charge in [0.05, 0.1) is 18.2 Å². The van der Waals surface area contributed by atoms with E-state index in [0.29, 0.717) is 16.8 Å². The maximum atomic E-state index is 12.4. The summed E-state index contributed by atoms with van der Waals surface area (Å²) in [6, 6.07) is 8.19. The second kappa shape index (κ2) is 3.80. The van der Waals surface area contributed by atoms with Crippen molar-refractivity contribution < 1.29 is 19.1 Å². The van der Waals surface area contributed by atoms with Gasteiger partial charge in [-0.2, -0.15) is 0 Å². The number of para-hydroxylation sites is 1. The zero-order chi connectivity index (χ0) is 13.6. The number of carbonyl (C=O) groups is 2. The topological polar surface area (TPSA) is 70.8 Å². The van der Waals surface area contributed by atoms with E-state index < -0.39 is 17.4 Å². The van der Waals surface area contributed by atoms with Crippen molar-refractivity contribution in [1.82, 2.24) is 0 Å². The molecule has 0 fully saturated rings. The summed E-state index contributed by atoms with van der Waals surface area (Å²) in [7, 11) is 0. The van der Waals surface area contributed by atoms with Crippen LogP contribution in [-0.2, 0) is 15.2 Å². The Morgan fingerprint density at radius 3 is 2.68 bits per heavy atom. The summed E-state index contributed by atoms with van der Waals surface area (Å²) in [6.45, 7) is 1.29. The van der Waals surface area contributed by atoms with Gasteiger partial charge >= 0.3 is 0 Å². The van der Waals surface area contributed by atoms with Crippen molar-refractivity contribution >= 4 is 17.5 Å². The second-order valence-corrected chi connectivity index (χ2v) is 4.40. The van der Waals surface area contributed by atoms with Crippen molar-refractivity contribution in [2.45, 2.75) is 12.5 Å². The van der Waals surface area contributed by atoms with Crippen molar-refractivity contribution in [3.63, 3.8) is 0 Å². The molecule has 19 heavy (non-hydrogen) atoms. The second-order valence-electron chi connectivity index (χ2n) is 4.40. The Labute approximate surface area is 109 Å². The highest BCUT2D eigenvalue weighted by molar-refractivity contribution is 6.22. The molecule has 1 aliphatic heterocycles. The lowest BCUT2D eigenvalue weighted by atomic mass is 9.89. The fourth-order valence-corrected chi connectivity index (χ4v) is 2.42. The van der Waals surface area contributed by atoms with Crippen LogP contribution in [0.3, 0.4) is 0 Å². The molecule has 1 aromatic heterocycles. The number of hydrogen-bond donors (Lipinski definition) is 1. The van der Waals surface area contributed by atoms with Crippen LogP contribution >= 0.6 is 0 Å². The summed E-state index contributed by atoms with van der Waals surface area (Å²) in [5, 5.41) is 10.8. The summed E-state index contributed by atoms with van der Waals surface area (Å²) in [5.41, 5.74) is -0.760. The van der Waals surface area contributed by atoms with Crippen LogP contribution in [0, 0.1) is 0 Å². The first-order chi connectivity index (χ1) is 9.06. The Balaban J connectivity index is 2.29. The number of fused-ring (bicyclic) bond motifs is 1. The first kappa shape index (κ1) is 11.7. The molecular weight excluding hydrogens is 246 g/mol. The van der Waals surface area contributed by atoms with E-state index in [-0.39, 0.29) is 0 Å². The highest BCUT2D eigenvalue weighted by Crippen LogP contribution is 2.44. The zero-order valence-electron chi connectivity index (χ0n) is 10.2. The number of hydrogen-bond acceptors (Lipinski definition) is 4. The minimum atomic E-state index is -1.87. The number of imide groups is 1. The molecule has 2 aromatic rings. The number of carbonyl (C=O) groups excluding carboxylic acids is 2. The lowest BCUT2D eigenvalue weighted by molar-refractivity contribution is -0.135. The van der Waals surface area contributed by atoms with Crippen LogP contribution in [0.25, 0.3) is 0 Å². The van der Waals surface area contributed by atoms with E-state index in [1.165, 1.54) is 25.5 Å². The number of rotatable bonds is 1. The molecule has 2 amide bonds. The molecule has 0 bridgehead atoms. The predicted octanol–water partition coefficient (Wildman–Crippen LogP) is 1.41. The molecule has 0 aliphatic carbocycles. The van der Waals surface area contributed by atoms with Gasteiger partial charge in [-0.05, 0) is 12.1 Å². The van der Waals surface area contributed by atoms with E-state index in [1.807, 2.05) is 0 Å². The zero-order valence-corrected chi connectivity index (χ0v) is 10.2. The SMILES string of the molecule is CC(=O)N1C(=O)[C@@](O)(c2ccoc2)c2ccccc21. The van der Waals surface area contributed by atoms with Crippen LogP contribution < -0.4 is 4.90 Å². The highest BCUT2D eigenvalue weighted by Gasteiger charge is 2.52. The Kier molecular flexibility index (Phi) is 2.33. The van der Waals surface area contributed by atoms with Crippen molar-refractivity contribution in [2.24, 2.45) is 0 Å². The Bertz CT molecular complexity index is 662. The molecular formula is C14H11NO4. The van der Waals surface area contributed by atoms with Crippen LogP contribution in [0.15, 0.2) is 47.3 Å². The molecule has 0 saturated carbocycles. The van der Waals surface area contributed by atoms with Crippen LogP contribution in [0.5, 0.6) is 0 Å². The number of benzene rings is 1.